The van der Waals surface area contributed by atoms with E-state index < -0.39 is 0 Å². The maximum absolute atomic E-state index is 13.8. The van der Waals surface area contributed by atoms with Crippen molar-refractivity contribution in [2.24, 2.45) is 28.6 Å². The molecule has 5 atom stereocenters. The Morgan fingerprint density at radius 3 is 2.33 bits per heavy atom. The number of hydrogen-bond acceptors (Lipinski definition) is 2. The van der Waals surface area contributed by atoms with Gasteiger partial charge in [-0.2, -0.15) is 0 Å². The van der Waals surface area contributed by atoms with E-state index in [-0.39, 0.29) is 5.41 Å². The minimum atomic E-state index is -0.0925. The van der Waals surface area contributed by atoms with E-state index in [1.165, 1.54) is 12.1 Å². The van der Waals surface area contributed by atoms with Crippen LogP contribution in [0, 0.1) is 28.6 Å². The third kappa shape index (κ3) is 1.66. The van der Waals surface area contributed by atoms with Crippen molar-refractivity contribution in [1.82, 2.24) is 0 Å². The first-order valence-corrected chi connectivity index (χ1v) is 9.60. The predicted octanol–water partition coefficient (Wildman–Crippen LogP) is 3.93. The quantitative estimate of drug-likeness (QED) is 0.781. The summed E-state index contributed by atoms with van der Waals surface area (Å²) >= 11 is 0. The van der Waals surface area contributed by atoms with Gasteiger partial charge >= 0.3 is 0 Å². The molecule has 4 fully saturated rings. The Morgan fingerprint density at radius 2 is 1.67 bits per heavy atom. The lowest BCUT2D eigenvalue weighted by molar-refractivity contribution is -0.140. The highest BCUT2D eigenvalue weighted by Crippen LogP contribution is 2.77. The molecule has 1 amide bonds. The van der Waals surface area contributed by atoms with Crippen LogP contribution in [0.4, 0.5) is 11.4 Å². The van der Waals surface area contributed by atoms with Gasteiger partial charge in [0, 0.05) is 20.1 Å². The first kappa shape index (κ1) is 14.8. The summed E-state index contributed by atoms with van der Waals surface area (Å²) in [6, 6.07) is 8.41. The minimum Gasteiger partial charge on any atom is -0.371 e. The Labute approximate surface area is 145 Å². The van der Waals surface area contributed by atoms with Gasteiger partial charge in [0.1, 0.15) is 0 Å². The van der Waals surface area contributed by atoms with Crippen molar-refractivity contribution in [2.75, 3.05) is 29.9 Å². The van der Waals surface area contributed by atoms with Gasteiger partial charge < -0.3 is 9.80 Å². The number of nitrogens with zero attached hydrogens (tertiary/aromatic N) is 2. The number of rotatable bonds is 1. The number of benzene rings is 1. The maximum Gasteiger partial charge on any atom is 0.233 e. The smallest absolute Gasteiger partial charge is 0.233 e. The number of hydrogen-bond donors (Lipinski definition) is 0. The number of fused-ring (bicyclic) bond motifs is 3. The topological polar surface area (TPSA) is 23.6 Å². The zero-order valence-electron chi connectivity index (χ0n) is 15.1. The van der Waals surface area contributed by atoms with E-state index in [1.54, 1.807) is 0 Å². The largest absolute Gasteiger partial charge is 0.371 e. The van der Waals surface area contributed by atoms with E-state index in [9.17, 15) is 4.79 Å². The van der Waals surface area contributed by atoms with Crippen LogP contribution in [0.25, 0.3) is 0 Å². The summed E-state index contributed by atoms with van der Waals surface area (Å²) in [4.78, 5) is 18.2. The first-order chi connectivity index (χ1) is 11.5. The van der Waals surface area contributed by atoms with E-state index in [2.05, 4.69) is 55.0 Å². The zero-order valence-corrected chi connectivity index (χ0v) is 15.1. The summed E-state index contributed by atoms with van der Waals surface area (Å²) in [6.07, 6.45) is 4.75. The van der Waals surface area contributed by atoms with Crippen LogP contribution in [-0.2, 0) is 4.79 Å². The fourth-order valence-corrected chi connectivity index (χ4v) is 6.86. The van der Waals surface area contributed by atoms with Crippen molar-refractivity contribution in [2.45, 2.75) is 39.5 Å². The Morgan fingerprint density at radius 1 is 1.00 bits per heavy atom. The normalized spacial score (nSPS) is 42.5. The van der Waals surface area contributed by atoms with Crippen molar-refractivity contribution in [1.29, 1.82) is 0 Å². The van der Waals surface area contributed by atoms with Crippen LogP contribution in [0.2, 0.25) is 0 Å². The molecule has 1 aromatic rings. The molecule has 4 saturated carbocycles. The Balaban J connectivity index is 1.52. The minimum absolute atomic E-state index is 0.0925. The van der Waals surface area contributed by atoms with Gasteiger partial charge in [0.25, 0.3) is 0 Å². The van der Waals surface area contributed by atoms with Crippen molar-refractivity contribution in [3.63, 3.8) is 0 Å². The van der Waals surface area contributed by atoms with Gasteiger partial charge in [-0.05, 0) is 61.0 Å². The lowest BCUT2D eigenvalue weighted by Gasteiger charge is -2.54. The maximum atomic E-state index is 13.8. The van der Waals surface area contributed by atoms with Crippen molar-refractivity contribution in [3.05, 3.63) is 24.3 Å². The average molecular weight is 324 g/mol. The van der Waals surface area contributed by atoms with Crippen LogP contribution in [0.1, 0.15) is 39.5 Å². The van der Waals surface area contributed by atoms with E-state index in [0.29, 0.717) is 23.2 Å². The molecule has 0 saturated heterocycles. The van der Waals surface area contributed by atoms with Crippen molar-refractivity contribution in [3.8, 4) is 0 Å². The van der Waals surface area contributed by atoms with Gasteiger partial charge in [-0.3, -0.25) is 4.79 Å². The number of amides is 1. The molecule has 1 spiro atoms. The molecule has 6 rings (SSSR count). The fraction of sp³-hybridized carbons (Fsp3) is 0.667. The monoisotopic (exact) mass is 324 g/mol. The van der Waals surface area contributed by atoms with Gasteiger partial charge in [-0.25, -0.2) is 0 Å². The fourth-order valence-electron chi connectivity index (χ4n) is 6.86. The standard InChI is InChI=1S/C21H28N2O/c1-14-10-20(11-15(2)21(14)13-16(21)12-20)19(24)23-9-8-22(3)17-6-4-5-7-18(17)23/h4-7,14-16H,8-13H2,1-3H3/t14-,15+,16-,20?,21?/m0/s1. The molecular weight excluding hydrogens is 296 g/mol. The van der Waals surface area contributed by atoms with Crippen LogP contribution in [-0.4, -0.2) is 26.0 Å². The van der Waals surface area contributed by atoms with Gasteiger partial charge in [0.05, 0.1) is 16.8 Å². The van der Waals surface area contributed by atoms with Crippen LogP contribution >= 0.6 is 0 Å². The summed E-state index contributed by atoms with van der Waals surface area (Å²) < 4.78 is 0. The second kappa shape index (κ2) is 4.56. The molecule has 24 heavy (non-hydrogen) atoms. The number of para-hydroxylation sites is 2. The molecule has 0 aromatic heterocycles. The van der Waals surface area contributed by atoms with Gasteiger partial charge in [0.2, 0.25) is 5.91 Å². The van der Waals surface area contributed by atoms with Crippen LogP contribution in [0.3, 0.4) is 0 Å². The lowest BCUT2D eigenvalue weighted by atomic mass is 9.52. The van der Waals surface area contributed by atoms with Crippen LogP contribution < -0.4 is 9.80 Å². The Bertz CT molecular complexity index is 700. The predicted molar refractivity (Wildman–Crippen MR) is 97.2 cm³/mol. The van der Waals surface area contributed by atoms with Crippen molar-refractivity contribution < 1.29 is 4.79 Å². The van der Waals surface area contributed by atoms with Crippen LogP contribution in [0.15, 0.2) is 24.3 Å². The molecule has 5 aliphatic rings. The van der Waals surface area contributed by atoms with E-state index in [0.717, 1.165) is 44.0 Å². The van der Waals surface area contributed by atoms with Gasteiger partial charge in [-0.1, -0.05) is 26.0 Å². The molecule has 1 heterocycles. The SMILES string of the molecule is C[C@@H]1CC2(C(=O)N3CCN(C)c4ccccc43)C[C@H]3CC31[C@@H](C)C2. The van der Waals surface area contributed by atoms with Gasteiger partial charge in [-0.15, -0.1) is 0 Å². The molecule has 1 aromatic carbocycles. The first-order valence-electron chi connectivity index (χ1n) is 9.60. The summed E-state index contributed by atoms with van der Waals surface area (Å²) in [5.41, 5.74) is 2.82. The second-order valence-corrected chi connectivity index (χ2v) is 9.08. The third-order valence-corrected chi connectivity index (χ3v) is 8.01. The van der Waals surface area contributed by atoms with Gasteiger partial charge in [0.15, 0.2) is 0 Å². The summed E-state index contributed by atoms with van der Waals surface area (Å²) in [5.74, 6) is 2.66. The number of carbonyl (C=O) groups is 1. The molecule has 2 unspecified atom stereocenters. The third-order valence-electron chi connectivity index (χ3n) is 8.01. The van der Waals surface area contributed by atoms with Crippen LogP contribution in [0.5, 0.6) is 0 Å². The molecule has 2 bridgehead atoms. The molecule has 1 aliphatic heterocycles. The molecule has 0 N–H and O–H groups in total. The molecule has 3 nitrogen and oxygen atoms in total. The van der Waals surface area contributed by atoms with E-state index >= 15 is 0 Å². The van der Waals surface area contributed by atoms with E-state index in [4.69, 9.17) is 0 Å². The number of anilines is 2. The van der Waals surface area contributed by atoms with Crippen molar-refractivity contribution >= 4 is 17.3 Å². The second-order valence-electron chi connectivity index (χ2n) is 9.08. The molecule has 128 valence electrons. The highest BCUT2D eigenvalue weighted by molar-refractivity contribution is 6.01. The summed E-state index contributed by atoms with van der Waals surface area (Å²) in [6.45, 7) is 6.58. The number of likely N-dealkylation sites (N-methyl/N-ethyl adjacent to an activating group) is 1. The molecule has 4 aliphatic carbocycles. The molecular formula is C21H28N2O. The molecule has 3 heteroatoms. The highest BCUT2D eigenvalue weighted by Gasteiger charge is 2.72. The summed E-state index contributed by atoms with van der Waals surface area (Å²) in [7, 11) is 2.13. The highest BCUT2D eigenvalue weighted by atomic mass is 16.2. The molecule has 0 radical (unpaired) electrons. The lowest BCUT2D eigenvalue weighted by Crippen LogP contribution is -2.56. The van der Waals surface area contributed by atoms with E-state index in [1.807, 2.05) is 0 Å². The Kier molecular flexibility index (Phi) is 2.81. The average Bonchev–Trinajstić information content (AvgIpc) is 3.31. The Hall–Kier alpha value is -1.51. The summed E-state index contributed by atoms with van der Waals surface area (Å²) in [5, 5.41) is 0. The zero-order chi connectivity index (χ0) is 16.7. The number of carbonyl (C=O) groups excluding carboxylic acids is 1.